The van der Waals surface area contributed by atoms with Crippen molar-refractivity contribution in [2.75, 3.05) is 5.32 Å². The fraction of sp³-hybridized carbons (Fsp3) is 0.188. The molecule has 0 aliphatic carbocycles. The SMILES string of the molecule is Cc1cc(C)nc(NC(=O)CC(=O)c2c(F)c(F)c(F)c(F)c2F)c1. The summed E-state index contributed by atoms with van der Waals surface area (Å²) in [6.45, 7) is 3.38. The Hall–Kier alpha value is -2.84. The van der Waals surface area contributed by atoms with Crippen LogP contribution in [0.4, 0.5) is 27.8 Å². The van der Waals surface area contributed by atoms with Crippen molar-refractivity contribution in [3.8, 4) is 0 Å². The molecule has 4 nitrogen and oxygen atoms in total. The van der Waals surface area contributed by atoms with E-state index >= 15 is 0 Å². The number of amides is 1. The summed E-state index contributed by atoms with van der Waals surface area (Å²) >= 11 is 0. The first-order chi connectivity index (χ1) is 11.6. The van der Waals surface area contributed by atoms with Gasteiger partial charge in [-0.2, -0.15) is 0 Å². The fourth-order valence-electron chi connectivity index (χ4n) is 2.18. The van der Waals surface area contributed by atoms with Crippen LogP contribution in [0.15, 0.2) is 12.1 Å². The Morgan fingerprint density at radius 3 is 1.96 bits per heavy atom. The number of hydrogen-bond donors (Lipinski definition) is 1. The molecule has 0 saturated carbocycles. The molecule has 1 heterocycles. The van der Waals surface area contributed by atoms with Gasteiger partial charge in [-0.1, -0.05) is 0 Å². The molecular formula is C16H11F5N2O2. The zero-order chi connectivity index (χ0) is 18.9. The maximum absolute atomic E-state index is 13.6. The van der Waals surface area contributed by atoms with Crippen molar-refractivity contribution >= 4 is 17.5 Å². The minimum absolute atomic E-state index is 0.0905. The van der Waals surface area contributed by atoms with Crippen molar-refractivity contribution in [3.63, 3.8) is 0 Å². The Labute approximate surface area is 138 Å². The highest BCUT2D eigenvalue weighted by Gasteiger charge is 2.30. The first-order valence-corrected chi connectivity index (χ1v) is 6.91. The lowest BCUT2D eigenvalue weighted by molar-refractivity contribution is -0.115. The van der Waals surface area contributed by atoms with Crippen LogP contribution in [0.3, 0.4) is 0 Å². The van der Waals surface area contributed by atoms with E-state index in [1.54, 1.807) is 19.9 Å². The van der Waals surface area contributed by atoms with E-state index in [9.17, 15) is 31.5 Å². The standard InChI is InChI=1S/C16H11F5N2O2/c1-6-3-7(2)22-9(4-6)23-10(25)5-8(24)11-12(17)14(19)16(21)15(20)13(11)18/h3-4H,5H2,1-2H3,(H,22,23,25). The second-order valence-electron chi connectivity index (χ2n) is 5.26. The number of aromatic nitrogens is 1. The van der Waals surface area contributed by atoms with Gasteiger partial charge in [0.25, 0.3) is 0 Å². The van der Waals surface area contributed by atoms with Crippen molar-refractivity contribution < 1.29 is 31.5 Å². The monoisotopic (exact) mass is 358 g/mol. The van der Waals surface area contributed by atoms with Crippen LogP contribution in [0.5, 0.6) is 0 Å². The number of carbonyl (C=O) groups excluding carboxylic acids is 2. The molecule has 132 valence electrons. The number of benzene rings is 1. The molecule has 2 aromatic rings. The number of halogens is 5. The van der Waals surface area contributed by atoms with E-state index in [0.29, 0.717) is 5.69 Å². The van der Waals surface area contributed by atoms with Crippen LogP contribution in [-0.2, 0) is 4.79 Å². The van der Waals surface area contributed by atoms with Gasteiger partial charge in [0.1, 0.15) is 5.82 Å². The predicted molar refractivity (Wildman–Crippen MR) is 77.5 cm³/mol. The molecule has 1 N–H and O–H groups in total. The maximum Gasteiger partial charge on any atom is 0.233 e. The Kier molecular flexibility index (Phi) is 5.15. The highest BCUT2D eigenvalue weighted by atomic mass is 19.2. The molecule has 0 radical (unpaired) electrons. The van der Waals surface area contributed by atoms with Gasteiger partial charge in [0.15, 0.2) is 29.1 Å². The molecule has 2 rings (SSSR count). The first kappa shape index (κ1) is 18.5. The van der Waals surface area contributed by atoms with Crippen LogP contribution in [-0.4, -0.2) is 16.7 Å². The number of nitrogens with one attached hydrogen (secondary N) is 1. The summed E-state index contributed by atoms with van der Waals surface area (Å²) in [7, 11) is 0. The van der Waals surface area contributed by atoms with E-state index in [4.69, 9.17) is 0 Å². The lowest BCUT2D eigenvalue weighted by Crippen LogP contribution is -2.20. The van der Waals surface area contributed by atoms with Crippen molar-refractivity contribution in [1.29, 1.82) is 0 Å². The minimum Gasteiger partial charge on any atom is -0.310 e. The van der Waals surface area contributed by atoms with Gasteiger partial charge in [-0.15, -0.1) is 0 Å². The summed E-state index contributed by atoms with van der Waals surface area (Å²) in [4.78, 5) is 27.6. The smallest absolute Gasteiger partial charge is 0.233 e. The quantitative estimate of drug-likeness (QED) is 0.299. The van der Waals surface area contributed by atoms with E-state index in [1.807, 2.05) is 0 Å². The molecule has 0 aliphatic heterocycles. The summed E-state index contributed by atoms with van der Waals surface area (Å²) in [6.07, 6.45) is -1.12. The molecule has 0 saturated heterocycles. The molecule has 1 aromatic heterocycles. The van der Waals surface area contributed by atoms with Crippen molar-refractivity contribution in [2.45, 2.75) is 20.3 Å². The minimum atomic E-state index is -2.38. The van der Waals surface area contributed by atoms with Crippen molar-refractivity contribution in [3.05, 3.63) is 58.0 Å². The number of nitrogens with zero attached hydrogens (tertiary/aromatic N) is 1. The number of hydrogen-bond acceptors (Lipinski definition) is 3. The molecule has 1 aromatic carbocycles. The molecule has 0 atom stereocenters. The normalized spacial score (nSPS) is 10.7. The molecule has 25 heavy (non-hydrogen) atoms. The van der Waals surface area contributed by atoms with Gasteiger partial charge in [0.05, 0.1) is 12.0 Å². The van der Waals surface area contributed by atoms with Crippen LogP contribution in [0.2, 0.25) is 0 Å². The number of aryl methyl sites for hydroxylation is 2. The van der Waals surface area contributed by atoms with Crippen LogP contribution in [0.1, 0.15) is 28.0 Å². The van der Waals surface area contributed by atoms with E-state index in [2.05, 4.69) is 10.3 Å². The summed E-state index contributed by atoms with van der Waals surface area (Å²) in [5.41, 5.74) is -0.324. The van der Waals surface area contributed by atoms with Gasteiger partial charge in [-0.3, -0.25) is 9.59 Å². The third-order valence-corrected chi connectivity index (χ3v) is 3.17. The molecule has 9 heteroatoms. The van der Waals surface area contributed by atoms with Gasteiger partial charge >= 0.3 is 0 Å². The molecule has 0 aliphatic rings. The van der Waals surface area contributed by atoms with E-state index in [-0.39, 0.29) is 5.82 Å². The topological polar surface area (TPSA) is 59.1 Å². The Balaban J connectivity index is 2.24. The molecule has 0 unspecified atom stereocenters. The maximum atomic E-state index is 13.6. The predicted octanol–water partition coefficient (Wildman–Crippen LogP) is 3.61. The van der Waals surface area contributed by atoms with Gasteiger partial charge in [-0.25, -0.2) is 26.9 Å². The van der Waals surface area contributed by atoms with E-state index < -0.39 is 52.8 Å². The lowest BCUT2D eigenvalue weighted by atomic mass is 10.1. The number of pyridine rings is 1. The Morgan fingerprint density at radius 2 is 1.44 bits per heavy atom. The van der Waals surface area contributed by atoms with Crippen LogP contribution in [0.25, 0.3) is 0 Å². The average molecular weight is 358 g/mol. The van der Waals surface area contributed by atoms with E-state index in [1.165, 1.54) is 6.07 Å². The van der Waals surface area contributed by atoms with E-state index in [0.717, 1.165) is 5.56 Å². The third kappa shape index (κ3) is 3.81. The van der Waals surface area contributed by atoms with Gasteiger partial charge < -0.3 is 5.32 Å². The summed E-state index contributed by atoms with van der Waals surface area (Å²) < 4.78 is 66.3. The second kappa shape index (κ2) is 6.96. The zero-order valence-electron chi connectivity index (χ0n) is 13.0. The van der Waals surface area contributed by atoms with Crippen molar-refractivity contribution in [1.82, 2.24) is 4.98 Å². The number of carbonyl (C=O) groups is 2. The fourth-order valence-corrected chi connectivity index (χ4v) is 2.18. The van der Waals surface area contributed by atoms with Gasteiger partial charge in [0.2, 0.25) is 11.7 Å². The Morgan fingerprint density at radius 1 is 0.920 bits per heavy atom. The molecule has 0 spiro atoms. The summed E-state index contributed by atoms with van der Waals surface area (Å²) in [5.74, 6) is -13.9. The molecule has 1 amide bonds. The third-order valence-electron chi connectivity index (χ3n) is 3.17. The number of Topliss-reactive ketones (excluding diaryl/α,β-unsaturated/α-hetero) is 1. The van der Waals surface area contributed by atoms with Crippen LogP contribution in [0, 0.1) is 42.9 Å². The largest absolute Gasteiger partial charge is 0.310 e. The Bertz CT molecular complexity index is 834. The summed E-state index contributed by atoms with van der Waals surface area (Å²) in [5, 5.41) is 2.23. The lowest BCUT2D eigenvalue weighted by Gasteiger charge is -2.08. The number of anilines is 1. The van der Waals surface area contributed by atoms with Crippen molar-refractivity contribution in [2.24, 2.45) is 0 Å². The second-order valence-corrected chi connectivity index (χ2v) is 5.26. The van der Waals surface area contributed by atoms with Gasteiger partial charge in [0, 0.05) is 5.69 Å². The molecular weight excluding hydrogens is 347 g/mol. The number of rotatable bonds is 4. The summed E-state index contributed by atoms with van der Waals surface area (Å²) in [6, 6.07) is 3.20. The van der Waals surface area contributed by atoms with Crippen LogP contribution >= 0.6 is 0 Å². The molecule has 0 bridgehead atoms. The molecule has 0 fully saturated rings. The average Bonchev–Trinajstić information content (AvgIpc) is 2.50. The first-order valence-electron chi connectivity index (χ1n) is 6.91. The van der Waals surface area contributed by atoms with Gasteiger partial charge in [-0.05, 0) is 31.5 Å². The number of ketones is 1. The highest BCUT2D eigenvalue weighted by Crippen LogP contribution is 2.24. The van der Waals surface area contributed by atoms with Crippen LogP contribution < -0.4 is 5.32 Å². The zero-order valence-corrected chi connectivity index (χ0v) is 13.0. The highest BCUT2D eigenvalue weighted by molar-refractivity contribution is 6.11.